The molecule has 0 saturated heterocycles. The number of anilines is 1. The van der Waals surface area contributed by atoms with E-state index in [1.807, 2.05) is 20.8 Å². The van der Waals surface area contributed by atoms with Crippen LogP contribution in [-0.4, -0.2) is 30.6 Å². The molecule has 0 radical (unpaired) electrons. The van der Waals surface area contributed by atoms with Gasteiger partial charge in [0.05, 0.1) is 18.7 Å². The lowest BCUT2D eigenvalue weighted by Gasteiger charge is -2.20. The summed E-state index contributed by atoms with van der Waals surface area (Å²) in [6.45, 7) is 5.41. The maximum Gasteiger partial charge on any atom is 0.309 e. The summed E-state index contributed by atoms with van der Waals surface area (Å²) < 4.78 is 10.2. The highest BCUT2D eigenvalue weighted by atomic mass is 16.5. The molecule has 0 fully saturated rings. The average Bonchev–Trinajstić information content (AvgIpc) is 2.37. The molecule has 0 aliphatic carbocycles. The van der Waals surface area contributed by atoms with Gasteiger partial charge < -0.3 is 20.5 Å². The van der Waals surface area contributed by atoms with Crippen LogP contribution >= 0.6 is 0 Å². The van der Waals surface area contributed by atoms with Gasteiger partial charge >= 0.3 is 5.97 Å². The first-order valence-electron chi connectivity index (χ1n) is 6.72. The van der Waals surface area contributed by atoms with E-state index in [1.54, 1.807) is 24.3 Å². The number of rotatable bonds is 6. The minimum atomic E-state index is -0.492. The number of para-hydroxylation sites is 2. The highest BCUT2D eigenvalue weighted by Gasteiger charge is 2.15. The van der Waals surface area contributed by atoms with Crippen molar-refractivity contribution in [3.05, 3.63) is 24.3 Å². The number of nitrogen functional groups attached to an aromatic ring is 1. The fraction of sp³-hybridized carbons (Fsp3) is 0.467. The van der Waals surface area contributed by atoms with Gasteiger partial charge in [0.15, 0.2) is 6.61 Å². The second kappa shape index (κ2) is 7.52. The van der Waals surface area contributed by atoms with Crippen LogP contribution in [0.5, 0.6) is 5.75 Å². The molecule has 0 atom stereocenters. The minimum absolute atomic E-state index is 0.0527. The first-order chi connectivity index (χ1) is 9.78. The standard InChI is InChI=1S/C15H22N2O4/c1-15(2,3)17-13(18)10-21-14(19)8-9-20-12-7-5-4-6-11(12)16/h4-7H,8-10,16H2,1-3H3,(H,17,18). The summed E-state index contributed by atoms with van der Waals surface area (Å²) in [6, 6.07) is 7.02. The van der Waals surface area contributed by atoms with Crippen molar-refractivity contribution in [3.8, 4) is 5.75 Å². The van der Waals surface area contributed by atoms with Crippen molar-refractivity contribution in [2.24, 2.45) is 0 Å². The van der Waals surface area contributed by atoms with Gasteiger partial charge in [0.2, 0.25) is 0 Å². The first kappa shape index (κ1) is 16.8. The Morgan fingerprint density at radius 1 is 1.24 bits per heavy atom. The van der Waals surface area contributed by atoms with Crippen LogP contribution in [0, 0.1) is 0 Å². The Morgan fingerprint density at radius 3 is 2.52 bits per heavy atom. The summed E-state index contributed by atoms with van der Waals surface area (Å²) in [4.78, 5) is 22.9. The molecule has 0 aliphatic rings. The number of hydrogen-bond donors (Lipinski definition) is 2. The lowest BCUT2D eigenvalue weighted by molar-refractivity contribution is -0.149. The molecule has 1 aromatic rings. The molecular weight excluding hydrogens is 272 g/mol. The number of carbonyl (C=O) groups is 2. The molecule has 6 nitrogen and oxygen atoms in total. The predicted octanol–water partition coefficient (Wildman–Crippen LogP) is 1.50. The van der Waals surface area contributed by atoms with E-state index in [1.165, 1.54) is 0 Å². The zero-order valence-corrected chi connectivity index (χ0v) is 12.6. The van der Waals surface area contributed by atoms with Gasteiger partial charge in [-0.05, 0) is 32.9 Å². The van der Waals surface area contributed by atoms with Gasteiger partial charge in [0, 0.05) is 5.54 Å². The predicted molar refractivity (Wildman–Crippen MR) is 79.8 cm³/mol. The summed E-state index contributed by atoms with van der Waals surface area (Å²) in [5.41, 5.74) is 5.86. The summed E-state index contributed by atoms with van der Waals surface area (Å²) >= 11 is 0. The maximum atomic E-state index is 11.5. The summed E-state index contributed by atoms with van der Waals surface area (Å²) in [5, 5.41) is 2.70. The molecular formula is C15H22N2O4. The van der Waals surface area contributed by atoms with Crippen molar-refractivity contribution in [1.29, 1.82) is 0 Å². The van der Waals surface area contributed by atoms with Crippen molar-refractivity contribution in [3.63, 3.8) is 0 Å². The second-order valence-electron chi connectivity index (χ2n) is 5.60. The van der Waals surface area contributed by atoms with Crippen LogP contribution in [0.1, 0.15) is 27.2 Å². The molecule has 0 saturated carbocycles. The Kier molecular flexibility index (Phi) is 6.02. The molecule has 0 unspecified atom stereocenters. The normalized spacial score (nSPS) is 10.8. The van der Waals surface area contributed by atoms with Crippen LogP contribution in [0.15, 0.2) is 24.3 Å². The highest BCUT2D eigenvalue weighted by Crippen LogP contribution is 2.19. The number of hydrogen-bond acceptors (Lipinski definition) is 5. The molecule has 116 valence electrons. The molecule has 0 bridgehead atoms. The van der Waals surface area contributed by atoms with E-state index in [9.17, 15) is 9.59 Å². The van der Waals surface area contributed by atoms with Crippen LogP contribution in [0.25, 0.3) is 0 Å². The number of esters is 1. The number of benzene rings is 1. The molecule has 0 aliphatic heterocycles. The average molecular weight is 294 g/mol. The van der Waals surface area contributed by atoms with E-state index in [2.05, 4.69) is 5.32 Å². The van der Waals surface area contributed by atoms with Gasteiger partial charge in [0.1, 0.15) is 5.75 Å². The summed E-state index contributed by atoms with van der Waals surface area (Å²) in [6.07, 6.45) is 0.0527. The van der Waals surface area contributed by atoms with Crippen molar-refractivity contribution in [1.82, 2.24) is 5.32 Å². The Bertz CT molecular complexity index is 495. The third-order valence-electron chi connectivity index (χ3n) is 2.36. The van der Waals surface area contributed by atoms with Gasteiger partial charge in [0.25, 0.3) is 5.91 Å². The quantitative estimate of drug-likeness (QED) is 0.613. The molecule has 21 heavy (non-hydrogen) atoms. The van der Waals surface area contributed by atoms with Crippen molar-refractivity contribution in [2.45, 2.75) is 32.7 Å². The van der Waals surface area contributed by atoms with E-state index in [0.29, 0.717) is 11.4 Å². The Hall–Kier alpha value is -2.24. The largest absolute Gasteiger partial charge is 0.491 e. The Balaban J connectivity index is 2.23. The Labute approximate surface area is 124 Å². The Morgan fingerprint density at radius 2 is 1.90 bits per heavy atom. The van der Waals surface area contributed by atoms with Gasteiger partial charge in [-0.25, -0.2) is 0 Å². The van der Waals surface area contributed by atoms with E-state index in [-0.39, 0.29) is 31.1 Å². The van der Waals surface area contributed by atoms with Crippen molar-refractivity contribution >= 4 is 17.6 Å². The molecule has 1 aromatic carbocycles. The molecule has 3 N–H and O–H groups in total. The van der Waals surface area contributed by atoms with Gasteiger partial charge in [-0.1, -0.05) is 12.1 Å². The maximum absolute atomic E-state index is 11.5. The van der Waals surface area contributed by atoms with Crippen molar-refractivity contribution < 1.29 is 19.1 Å². The highest BCUT2D eigenvalue weighted by molar-refractivity contribution is 5.81. The van der Waals surface area contributed by atoms with E-state index >= 15 is 0 Å². The monoisotopic (exact) mass is 294 g/mol. The topological polar surface area (TPSA) is 90.6 Å². The van der Waals surface area contributed by atoms with Gasteiger partial charge in [-0.2, -0.15) is 0 Å². The lowest BCUT2D eigenvalue weighted by Crippen LogP contribution is -2.42. The second-order valence-corrected chi connectivity index (χ2v) is 5.60. The zero-order chi connectivity index (χ0) is 15.9. The number of carbonyl (C=O) groups excluding carboxylic acids is 2. The third-order valence-corrected chi connectivity index (χ3v) is 2.36. The molecule has 0 aromatic heterocycles. The molecule has 6 heteroatoms. The van der Waals surface area contributed by atoms with E-state index in [4.69, 9.17) is 15.2 Å². The van der Waals surface area contributed by atoms with Crippen LogP contribution in [0.4, 0.5) is 5.69 Å². The van der Waals surface area contributed by atoms with Crippen LogP contribution in [0.3, 0.4) is 0 Å². The smallest absolute Gasteiger partial charge is 0.309 e. The minimum Gasteiger partial charge on any atom is -0.491 e. The fourth-order valence-electron chi connectivity index (χ4n) is 1.53. The molecule has 1 amide bonds. The van der Waals surface area contributed by atoms with E-state index in [0.717, 1.165) is 0 Å². The van der Waals surface area contributed by atoms with Gasteiger partial charge in [-0.3, -0.25) is 9.59 Å². The van der Waals surface area contributed by atoms with Crippen LogP contribution < -0.4 is 15.8 Å². The number of nitrogens with two attached hydrogens (primary N) is 1. The van der Waals surface area contributed by atoms with Gasteiger partial charge in [-0.15, -0.1) is 0 Å². The number of nitrogens with one attached hydrogen (secondary N) is 1. The SMILES string of the molecule is CC(C)(C)NC(=O)COC(=O)CCOc1ccccc1N. The van der Waals surface area contributed by atoms with Crippen LogP contribution in [-0.2, 0) is 14.3 Å². The fourth-order valence-corrected chi connectivity index (χ4v) is 1.53. The summed E-state index contributed by atoms with van der Waals surface area (Å²) in [7, 11) is 0. The van der Waals surface area contributed by atoms with E-state index < -0.39 is 5.97 Å². The number of ether oxygens (including phenoxy) is 2. The third kappa shape index (κ3) is 7.20. The lowest BCUT2D eigenvalue weighted by atomic mass is 10.1. The zero-order valence-electron chi connectivity index (χ0n) is 12.6. The first-order valence-corrected chi connectivity index (χ1v) is 6.72. The van der Waals surface area contributed by atoms with Crippen LogP contribution in [0.2, 0.25) is 0 Å². The molecule has 0 heterocycles. The molecule has 1 rings (SSSR count). The molecule has 0 spiro atoms. The number of amides is 1. The summed E-state index contributed by atoms with van der Waals surface area (Å²) in [5.74, 6) is -0.298. The van der Waals surface area contributed by atoms with Crippen molar-refractivity contribution in [2.75, 3.05) is 18.9 Å².